The highest BCUT2D eigenvalue weighted by Crippen LogP contribution is 2.39. The van der Waals surface area contributed by atoms with E-state index in [4.69, 9.17) is 11.6 Å². The normalized spacial score (nSPS) is 25.3. The average molecular weight is 329 g/mol. The molecule has 1 aromatic carbocycles. The van der Waals surface area contributed by atoms with Crippen molar-refractivity contribution < 1.29 is 9.59 Å². The number of hydrogen-bond donors (Lipinski definition) is 1. The lowest BCUT2D eigenvalue weighted by Crippen LogP contribution is -2.45. The smallest absolute Gasteiger partial charge is 0.237 e. The van der Waals surface area contributed by atoms with Crippen molar-refractivity contribution in [2.45, 2.75) is 25.8 Å². The Bertz CT molecular complexity index is 556. The first-order valence-corrected chi connectivity index (χ1v) is 7.29. The summed E-state index contributed by atoms with van der Waals surface area (Å²) in [6.07, 6.45) is 2.06. The highest BCUT2D eigenvalue weighted by molar-refractivity contribution is 6.31. The van der Waals surface area contributed by atoms with Crippen LogP contribution in [0.5, 0.6) is 0 Å². The summed E-state index contributed by atoms with van der Waals surface area (Å²) >= 11 is 6.11. The number of halogens is 2. The van der Waals surface area contributed by atoms with Gasteiger partial charge in [0.1, 0.15) is 0 Å². The predicted molar refractivity (Wildman–Crippen MR) is 83.4 cm³/mol. The first kappa shape index (κ1) is 16.3. The number of nitrogens with one attached hydrogen (secondary N) is 1. The zero-order chi connectivity index (χ0) is 14.2. The van der Waals surface area contributed by atoms with E-state index >= 15 is 0 Å². The van der Waals surface area contributed by atoms with Crippen LogP contribution >= 0.6 is 24.0 Å². The Hall–Kier alpha value is -1.10. The van der Waals surface area contributed by atoms with Crippen LogP contribution in [0.4, 0.5) is 0 Å². The fraction of sp³-hybridized carbons (Fsp3) is 0.467. The highest BCUT2D eigenvalue weighted by Gasteiger charge is 2.51. The molecule has 3 rings (SSSR count). The molecule has 2 saturated heterocycles. The fourth-order valence-corrected chi connectivity index (χ4v) is 3.31. The van der Waals surface area contributed by atoms with Crippen LogP contribution < -0.4 is 5.32 Å². The molecule has 0 aliphatic carbocycles. The van der Waals surface area contributed by atoms with Crippen molar-refractivity contribution >= 4 is 35.8 Å². The Morgan fingerprint density at radius 1 is 1.29 bits per heavy atom. The van der Waals surface area contributed by atoms with E-state index in [1.807, 2.05) is 18.2 Å². The Morgan fingerprint density at radius 3 is 2.71 bits per heavy atom. The van der Waals surface area contributed by atoms with E-state index in [0.29, 0.717) is 18.0 Å². The van der Waals surface area contributed by atoms with Crippen molar-refractivity contribution in [3.63, 3.8) is 0 Å². The predicted octanol–water partition coefficient (Wildman–Crippen LogP) is 2.39. The molecule has 0 radical (unpaired) electrons. The summed E-state index contributed by atoms with van der Waals surface area (Å²) < 4.78 is 0. The molecule has 2 amide bonds. The minimum absolute atomic E-state index is 0. The molecule has 114 valence electrons. The Morgan fingerprint density at radius 2 is 2.05 bits per heavy atom. The molecule has 1 N–H and O–H groups in total. The molecule has 21 heavy (non-hydrogen) atoms. The van der Waals surface area contributed by atoms with Gasteiger partial charge in [0, 0.05) is 18.0 Å². The van der Waals surface area contributed by atoms with Gasteiger partial charge in [-0.05, 0) is 31.0 Å². The number of hydrogen-bond acceptors (Lipinski definition) is 3. The molecule has 4 nitrogen and oxygen atoms in total. The maximum absolute atomic E-state index is 12.6. The molecule has 0 bridgehead atoms. The second-order valence-corrected chi connectivity index (χ2v) is 6.02. The van der Waals surface area contributed by atoms with Crippen molar-refractivity contribution in [1.82, 2.24) is 10.2 Å². The van der Waals surface area contributed by atoms with E-state index in [-0.39, 0.29) is 30.8 Å². The average Bonchev–Trinajstić information content (AvgIpc) is 2.66. The third-order valence-electron chi connectivity index (χ3n) is 4.25. The lowest BCUT2D eigenvalue weighted by Gasteiger charge is -2.31. The number of nitrogens with zero attached hydrogens (tertiary/aromatic N) is 1. The number of amides is 2. The highest BCUT2D eigenvalue weighted by atomic mass is 35.5. The first-order valence-electron chi connectivity index (χ1n) is 6.91. The van der Waals surface area contributed by atoms with Gasteiger partial charge in [-0.3, -0.25) is 14.5 Å². The number of piperidine rings is 1. The lowest BCUT2D eigenvalue weighted by molar-refractivity contribution is -0.142. The van der Waals surface area contributed by atoms with Crippen LogP contribution in [0, 0.1) is 5.41 Å². The van der Waals surface area contributed by atoms with Gasteiger partial charge in [0.05, 0.1) is 12.0 Å². The van der Waals surface area contributed by atoms with E-state index in [1.165, 1.54) is 4.90 Å². The molecule has 0 saturated carbocycles. The van der Waals surface area contributed by atoms with Gasteiger partial charge in [-0.2, -0.15) is 0 Å². The fourth-order valence-electron chi connectivity index (χ4n) is 3.12. The Labute approximate surface area is 135 Å². The molecule has 2 fully saturated rings. The third kappa shape index (κ3) is 2.93. The summed E-state index contributed by atoms with van der Waals surface area (Å²) in [5, 5.41) is 3.83. The van der Waals surface area contributed by atoms with Gasteiger partial charge in [-0.25, -0.2) is 0 Å². The van der Waals surface area contributed by atoms with Crippen LogP contribution in [0.15, 0.2) is 24.3 Å². The third-order valence-corrected chi connectivity index (χ3v) is 4.62. The van der Waals surface area contributed by atoms with E-state index in [2.05, 4.69) is 5.32 Å². The summed E-state index contributed by atoms with van der Waals surface area (Å²) in [5.41, 5.74) is 0.299. The van der Waals surface area contributed by atoms with Gasteiger partial charge in [-0.15, -0.1) is 12.4 Å². The standard InChI is InChI=1S/C15H17ClN2O2.ClH/c16-12-5-2-1-4-11(12)9-18-13(19)8-15(14(18)20)6-3-7-17-10-15;/h1-2,4-5,17H,3,6-10H2;1H. The zero-order valence-corrected chi connectivity index (χ0v) is 13.2. The molecule has 1 spiro atoms. The van der Waals surface area contributed by atoms with E-state index in [1.54, 1.807) is 6.07 Å². The van der Waals surface area contributed by atoms with Crippen molar-refractivity contribution in [3.05, 3.63) is 34.9 Å². The van der Waals surface area contributed by atoms with Crippen LogP contribution in [-0.4, -0.2) is 29.8 Å². The van der Waals surface area contributed by atoms with Crippen molar-refractivity contribution in [3.8, 4) is 0 Å². The summed E-state index contributed by atoms with van der Waals surface area (Å²) in [6, 6.07) is 7.34. The van der Waals surface area contributed by atoms with Gasteiger partial charge < -0.3 is 5.32 Å². The number of rotatable bonds is 2. The van der Waals surface area contributed by atoms with Crippen molar-refractivity contribution in [2.75, 3.05) is 13.1 Å². The van der Waals surface area contributed by atoms with Crippen LogP contribution in [0.2, 0.25) is 5.02 Å². The lowest BCUT2D eigenvalue weighted by atomic mass is 9.79. The van der Waals surface area contributed by atoms with Gasteiger partial charge >= 0.3 is 0 Å². The molecule has 0 aromatic heterocycles. The molecule has 2 aliphatic rings. The van der Waals surface area contributed by atoms with Gasteiger partial charge in [0.25, 0.3) is 0 Å². The van der Waals surface area contributed by atoms with Crippen LogP contribution in [-0.2, 0) is 16.1 Å². The van der Waals surface area contributed by atoms with Gasteiger partial charge in [-0.1, -0.05) is 29.8 Å². The number of carbonyl (C=O) groups excluding carboxylic acids is 2. The molecule has 6 heteroatoms. The number of carbonyl (C=O) groups is 2. The van der Waals surface area contributed by atoms with E-state index < -0.39 is 5.41 Å². The summed E-state index contributed by atoms with van der Waals surface area (Å²) in [4.78, 5) is 26.2. The Balaban J connectivity index is 0.00000161. The quantitative estimate of drug-likeness (QED) is 0.848. The van der Waals surface area contributed by atoms with E-state index in [9.17, 15) is 9.59 Å². The number of imide groups is 1. The summed E-state index contributed by atoms with van der Waals surface area (Å²) in [7, 11) is 0. The maximum atomic E-state index is 12.6. The Kier molecular flexibility index (Phi) is 4.91. The molecule has 1 atom stereocenters. The second-order valence-electron chi connectivity index (χ2n) is 5.61. The van der Waals surface area contributed by atoms with Crippen molar-refractivity contribution in [1.29, 1.82) is 0 Å². The minimum atomic E-state index is -0.517. The number of benzene rings is 1. The zero-order valence-electron chi connectivity index (χ0n) is 11.6. The topological polar surface area (TPSA) is 49.4 Å². The molecular formula is C15H18Cl2N2O2. The molecular weight excluding hydrogens is 311 g/mol. The maximum Gasteiger partial charge on any atom is 0.237 e. The van der Waals surface area contributed by atoms with Crippen molar-refractivity contribution in [2.24, 2.45) is 5.41 Å². The largest absolute Gasteiger partial charge is 0.316 e. The number of likely N-dealkylation sites (tertiary alicyclic amines) is 1. The van der Waals surface area contributed by atoms with Gasteiger partial charge in [0.2, 0.25) is 11.8 Å². The molecule has 1 unspecified atom stereocenters. The van der Waals surface area contributed by atoms with Crippen LogP contribution in [0.3, 0.4) is 0 Å². The monoisotopic (exact) mass is 328 g/mol. The molecule has 1 aromatic rings. The first-order chi connectivity index (χ1) is 9.62. The second kappa shape index (κ2) is 6.34. The van der Waals surface area contributed by atoms with E-state index in [0.717, 1.165) is 24.9 Å². The summed E-state index contributed by atoms with van der Waals surface area (Å²) in [6.45, 7) is 1.81. The van der Waals surface area contributed by atoms with Crippen LogP contribution in [0.1, 0.15) is 24.8 Å². The van der Waals surface area contributed by atoms with Crippen LogP contribution in [0.25, 0.3) is 0 Å². The molecule has 2 heterocycles. The van der Waals surface area contributed by atoms with Gasteiger partial charge in [0.15, 0.2) is 0 Å². The SMILES string of the molecule is Cl.O=C1CC2(CCCNC2)C(=O)N1Cc1ccccc1Cl. The summed E-state index contributed by atoms with van der Waals surface area (Å²) in [5.74, 6) is -0.131. The minimum Gasteiger partial charge on any atom is -0.316 e. The molecule has 2 aliphatic heterocycles.